The first-order valence-electron chi connectivity index (χ1n) is 8.15. The minimum Gasteiger partial charge on any atom is -0.312 e. The summed E-state index contributed by atoms with van der Waals surface area (Å²) in [6.07, 6.45) is 10.1. The van der Waals surface area contributed by atoms with Crippen LogP contribution in [0.4, 0.5) is 0 Å². The molecular weight excluding hydrogens is 258 g/mol. The Labute approximate surface area is 127 Å². The van der Waals surface area contributed by atoms with Gasteiger partial charge in [0, 0.05) is 12.2 Å². The Morgan fingerprint density at radius 1 is 1.14 bits per heavy atom. The lowest BCUT2D eigenvalue weighted by Crippen LogP contribution is -2.23. The zero-order chi connectivity index (χ0) is 14.5. The van der Waals surface area contributed by atoms with Crippen LogP contribution in [-0.2, 0) is 0 Å². The number of para-hydroxylation sites is 1. The molecule has 1 aromatic carbocycles. The minimum absolute atomic E-state index is 0.385. The van der Waals surface area contributed by atoms with Crippen LogP contribution in [0.5, 0.6) is 0 Å². The first kappa shape index (κ1) is 14.3. The highest BCUT2D eigenvalue weighted by molar-refractivity contribution is 5.33. The van der Waals surface area contributed by atoms with Crippen LogP contribution in [-0.4, -0.2) is 16.8 Å². The van der Waals surface area contributed by atoms with Gasteiger partial charge in [0.25, 0.3) is 0 Å². The van der Waals surface area contributed by atoms with Gasteiger partial charge in [-0.15, -0.1) is 0 Å². The lowest BCUT2D eigenvalue weighted by molar-refractivity contribution is 0.302. The zero-order valence-corrected chi connectivity index (χ0v) is 12.8. The number of benzene rings is 1. The van der Waals surface area contributed by atoms with E-state index in [9.17, 15) is 0 Å². The predicted molar refractivity (Wildman–Crippen MR) is 86.6 cm³/mol. The average Bonchev–Trinajstić information content (AvgIpc) is 3.04. The van der Waals surface area contributed by atoms with Crippen LogP contribution in [0.3, 0.4) is 0 Å². The van der Waals surface area contributed by atoms with Crippen molar-refractivity contribution in [1.82, 2.24) is 15.1 Å². The smallest absolute Gasteiger partial charge is 0.0649 e. The van der Waals surface area contributed by atoms with Crippen LogP contribution in [0, 0.1) is 5.92 Å². The van der Waals surface area contributed by atoms with Gasteiger partial charge >= 0.3 is 0 Å². The first-order valence-corrected chi connectivity index (χ1v) is 8.15. The third-order valence-electron chi connectivity index (χ3n) is 4.67. The molecule has 0 aliphatic heterocycles. The van der Waals surface area contributed by atoms with Crippen molar-refractivity contribution in [1.29, 1.82) is 0 Å². The fourth-order valence-corrected chi connectivity index (χ4v) is 3.50. The summed E-state index contributed by atoms with van der Waals surface area (Å²) in [5, 5.41) is 8.03. The molecule has 3 nitrogen and oxygen atoms in total. The number of hydrogen-bond donors (Lipinski definition) is 1. The monoisotopic (exact) mass is 283 g/mol. The number of rotatable bonds is 5. The molecule has 0 radical (unpaired) electrons. The molecule has 0 spiro atoms. The van der Waals surface area contributed by atoms with E-state index < -0.39 is 0 Å². The molecule has 2 aromatic rings. The molecule has 1 atom stereocenters. The molecule has 1 aliphatic rings. The van der Waals surface area contributed by atoms with Gasteiger partial charge in [-0.1, -0.05) is 50.3 Å². The van der Waals surface area contributed by atoms with Gasteiger partial charge in [-0.3, -0.25) is 0 Å². The highest BCUT2D eigenvalue weighted by atomic mass is 15.3. The van der Waals surface area contributed by atoms with E-state index in [1.54, 1.807) is 0 Å². The first-order chi connectivity index (χ1) is 10.4. The van der Waals surface area contributed by atoms with E-state index >= 15 is 0 Å². The maximum atomic E-state index is 4.53. The average molecular weight is 283 g/mol. The van der Waals surface area contributed by atoms with Crippen LogP contribution >= 0.6 is 0 Å². The molecule has 1 aliphatic carbocycles. The van der Waals surface area contributed by atoms with E-state index in [1.165, 1.54) is 44.2 Å². The van der Waals surface area contributed by atoms with Gasteiger partial charge in [-0.2, -0.15) is 5.10 Å². The maximum Gasteiger partial charge on any atom is 0.0649 e. The second kappa shape index (κ2) is 6.90. The third kappa shape index (κ3) is 3.35. The van der Waals surface area contributed by atoms with Crippen LogP contribution in [0.2, 0.25) is 0 Å². The van der Waals surface area contributed by atoms with Crippen LogP contribution in [0.15, 0.2) is 42.6 Å². The van der Waals surface area contributed by atoms with Crippen molar-refractivity contribution >= 4 is 0 Å². The topological polar surface area (TPSA) is 29.9 Å². The molecule has 0 saturated heterocycles. The summed E-state index contributed by atoms with van der Waals surface area (Å²) in [6.45, 7) is 0. The van der Waals surface area contributed by atoms with Crippen LogP contribution in [0.25, 0.3) is 5.69 Å². The lowest BCUT2D eigenvalue weighted by Gasteiger charge is -2.26. The van der Waals surface area contributed by atoms with Crippen molar-refractivity contribution in [2.45, 2.75) is 44.6 Å². The van der Waals surface area contributed by atoms with Crippen molar-refractivity contribution in [2.75, 3.05) is 7.05 Å². The highest BCUT2D eigenvalue weighted by Gasteiger charge is 2.21. The predicted octanol–water partition coefficient (Wildman–Crippen LogP) is 4.10. The van der Waals surface area contributed by atoms with Crippen molar-refractivity contribution in [3.8, 4) is 5.69 Å². The highest BCUT2D eigenvalue weighted by Crippen LogP contribution is 2.32. The van der Waals surface area contributed by atoms with E-state index in [0.29, 0.717) is 6.04 Å². The molecule has 3 heteroatoms. The number of aromatic nitrogens is 2. The van der Waals surface area contributed by atoms with Gasteiger partial charge in [0.15, 0.2) is 0 Å². The molecule has 112 valence electrons. The van der Waals surface area contributed by atoms with Crippen molar-refractivity contribution < 1.29 is 0 Å². The molecule has 1 unspecified atom stereocenters. The quantitative estimate of drug-likeness (QED) is 0.895. The summed E-state index contributed by atoms with van der Waals surface area (Å²) in [7, 11) is 2.07. The number of nitrogens with one attached hydrogen (secondary N) is 1. The Morgan fingerprint density at radius 3 is 2.62 bits per heavy atom. The van der Waals surface area contributed by atoms with Crippen LogP contribution in [0.1, 0.15) is 50.3 Å². The van der Waals surface area contributed by atoms with Crippen molar-refractivity contribution in [3.63, 3.8) is 0 Å². The maximum absolute atomic E-state index is 4.53. The third-order valence-corrected chi connectivity index (χ3v) is 4.67. The second-order valence-electron chi connectivity index (χ2n) is 6.08. The number of hydrogen-bond acceptors (Lipinski definition) is 2. The van der Waals surface area contributed by atoms with Crippen LogP contribution < -0.4 is 5.32 Å². The van der Waals surface area contributed by atoms with Gasteiger partial charge in [0.1, 0.15) is 0 Å². The molecule has 1 aromatic heterocycles. The molecule has 0 amide bonds. The normalized spacial score (nSPS) is 17.8. The summed E-state index contributed by atoms with van der Waals surface area (Å²) in [4.78, 5) is 0. The lowest BCUT2D eigenvalue weighted by atomic mass is 9.84. The van der Waals surface area contributed by atoms with E-state index in [1.807, 2.05) is 12.3 Å². The summed E-state index contributed by atoms with van der Waals surface area (Å²) < 4.78 is 2.07. The Balaban J connectivity index is 1.79. The van der Waals surface area contributed by atoms with Gasteiger partial charge in [0.2, 0.25) is 0 Å². The Morgan fingerprint density at radius 2 is 1.90 bits per heavy atom. The molecule has 0 bridgehead atoms. The van der Waals surface area contributed by atoms with E-state index in [-0.39, 0.29) is 0 Å². The van der Waals surface area contributed by atoms with Crippen molar-refractivity contribution in [3.05, 3.63) is 48.3 Å². The molecule has 3 rings (SSSR count). The summed E-state index contributed by atoms with van der Waals surface area (Å²) in [5.74, 6) is 0.857. The second-order valence-corrected chi connectivity index (χ2v) is 6.08. The standard InChI is InChI=1S/C18H25N3/c1-19-17(14-15-8-4-2-5-9-15)18-12-13-20-21(18)16-10-6-3-7-11-16/h3,6-7,10-13,15,17,19H,2,4-5,8-9,14H2,1H3. The Hall–Kier alpha value is -1.61. The fourth-order valence-electron chi connectivity index (χ4n) is 3.50. The summed E-state index contributed by atoms with van der Waals surface area (Å²) in [6, 6.07) is 12.9. The molecule has 1 heterocycles. The molecule has 21 heavy (non-hydrogen) atoms. The zero-order valence-electron chi connectivity index (χ0n) is 12.8. The summed E-state index contributed by atoms with van der Waals surface area (Å²) in [5.41, 5.74) is 2.41. The van der Waals surface area contributed by atoms with Gasteiger partial charge in [-0.05, 0) is 37.6 Å². The van der Waals surface area contributed by atoms with Crippen molar-refractivity contribution in [2.24, 2.45) is 5.92 Å². The SMILES string of the molecule is CNC(CC1CCCCC1)c1ccnn1-c1ccccc1. The Bertz CT molecular complexity index is 541. The fraction of sp³-hybridized carbons (Fsp3) is 0.500. The van der Waals surface area contributed by atoms with Gasteiger partial charge in [-0.25, -0.2) is 4.68 Å². The largest absolute Gasteiger partial charge is 0.312 e. The van der Waals surface area contributed by atoms with Gasteiger partial charge in [0.05, 0.1) is 11.4 Å². The van der Waals surface area contributed by atoms with Gasteiger partial charge < -0.3 is 5.32 Å². The van der Waals surface area contributed by atoms with E-state index in [0.717, 1.165) is 11.6 Å². The summed E-state index contributed by atoms with van der Waals surface area (Å²) >= 11 is 0. The number of nitrogens with zero attached hydrogens (tertiary/aromatic N) is 2. The van der Waals surface area contributed by atoms with E-state index in [4.69, 9.17) is 0 Å². The molecule has 1 N–H and O–H groups in total. The minimum atomic E-state index is 0.385. The molecule has 1 fully saturated rings. The Kier molecular flexibility index (Phi) is 4.71. The molecular formula is C18H25N3. The van der Waals surface area contributed by atoms with E-state index in [2.05, 4.69) is 52.5 Å². The molecule has 1 saturated carbocycles.